The van der Waals surface area contributed by atoms with Gasteiger partial charge >= 0.3 is 24.3 Å². The summed E-state index contributed by atoms with van der Waals surface area (Å²) in [5.41, 5.74) is -1.20. The molecule has 0 fully saturated rings. The quantitative estimate of drug-likeness (QED) is 0.0551. The number of nitrogens with one attached hydrogen (secondary N) is 2. The topological polar surface area (TPSA) is 243 Å². The second kappa shape index (κ2) is 23.4. The lowest BCUT2D eigenvalue weighted by Gasteiger charge is -2.33. The number of halogens is 8. The first-order chi connectivity index (χ1) is 38.1. The SMILES string of the molecule is CC(=O)O.COC(=O)c1cc2c(cc1F)C(O)(c1ncc(-c3cc(C)cc(Nc4cc(C(F)(F)F)ccn4)n3)s1)CCC2.Cc1cc(Nc2cc(C(F)(F)F)ccn2)nc(-c2cnc(C3(O)CCCc4cc(C(=O)O)c(F)cc43)s2)c1. The molecule has 8 aromatic rings. The number of carboxylic acid groups (broad SMARTS) is 2. The predicted molar refractivity (Wildman–Crippen MR) is 281 cm³/mol. The van der Waals surface area contributed by atoms with Crippen molar-refractivity contribution in [3.63, 3.8) is 0 Å². The lowest BCUT2D eigenvalue weighted by atomic mass is 9.78. The summed E-state index contributed by atoms with van der Waals surface area (Å²) in [5.74, 6) is -4.23. The van der Waals surface area contributed by atoms with Gasteiger partial charge in [0.15, 0.2) is 0 Å². The molecular weight excluding hydrogens is 1120 g/mol. The number of hydrogen-bond acceptors (Lipinski definition) is 16. The summed E-state index contributed by atoms with van der Waals surface area (Å²) in [4.78, 5) is 59.2. The van der Waals surface area contributed by atoms with E-state index in [-0.39, 0.29) is 40.8 Å². The Bertz CT molecular complexity index is 3700. The van der Waals surface area contributed by atoms with Crippen LogP contribution >= 0.6 is 22.7 Å². The van der Waals surface area contributed by atoms with Gasteiger partial charge < -0.3 is 35.8 Å². The number of carboxylic acids is 2. The van der Waals surface area contributed by atoms with Gasteiger partial charge in [-0.1, -0.05) is 0 Å². The number of nitrogens with zero attached hydrogens (tertiary/aromatic N) is 6. The van der Waals surface area contributed by atoms with Crippen LogP contribution in [0.5, 0.6) is 0 Å². The van der Waals surface area contributed by atoms with Crippen LogP contribution < -0.4 is 10.6 Å². The van der Waals surface area contributed by atoms with E-state index in [0.717, 1.165) is 78.2 Å². The van der Waals surface area contributed by atoms with Crippen molar-refractivity contribution < 1.29 is 74.7 Å². The normalized spacial score (nSPS) is 16.6. The van der Waals surface area contributed by atoms with Crippen LogP contribution in [0.2, 0.25) is 0 Å². The zero-order valence-electron chi connectivity index (χ0n) is 42.9. The number of hydrogen-bond donors (Lipinski definition) is 6. The number of anilines is 4. The van der Waals surface area contributed by atoms with Crippen molar-refractivity contribution in [2.24, 2.45) is 0 Å². The zero-order valence-corrected chi connectivity index (χ0v) is 44.6. The smallest absolute Gasteiger partial charge is 0.416 e. The monoisotopic (exact) mass is 1160 g/mol. The van der Waals surface area contributed by atoms with Crippen molar-refractivity contribution in [1.82, 2.24) is 29.9 Å². The number of rotatable bonds is 10. The van der Waals surface area contributed by atoms with E-state index in [2.05, 4.69) is 45.3 Å². The number of esters is 1. The Kier molecular flexibility index (Phi) is 17.0. The molecular formula is C55H46F8N8O8S2. The van der Waals surface area contributed by atoms with Gasteiger partial charge in [0, 0.05) is 31.7 Å². The molecule has 2 aliphatic carbocycles. The maximum atomic E-state index is 14.8. The molecule has 0 spiro atoms. The highest BCUT2D eigenvalue weighted by Gasteiger charge is 2.42. The maximum Gasteiger partial charge on any atom is 0.416 e. The Morgan fingerprint density at radius 2 is 1.01 bits per heavy atom. The number of thiazole rings is 2. The summed E-state index contributed by atoms with van der Waals surface area (Å²) in [6.45, 7) is 4.69. The highest BCUT2D eigenvalue weighted by atomic mass is 32.1. The van der Waals surface area contributed by atoms with E-state index in [4.69, 9.17) is 9.90 Å². The third-order valence-electron chi connectivity index (χ3n) is 12.7. The number of aryl methyl sites for hydroxylation is 4. The number of benzene rings is 2. The molecule has 6 aromatic heterocycles. The zero-order chi connectivity index (χ0) is 58.8. The highest BCUT2D eigenvalue weighted by Crippen LogP contribution is 2.46. The number of methoxy groups -OCH3 is 1. The van der Waals surface area contributed by atoms with Crippen molar-refractivity contribution in [1.29, 1.82) is 0 Å². The molecule has 2 unspecified atom stereocenters. The van der Waals surface area contributed by atoms with Crippen LogP contribution in [0.25, 0.3) is 21.1 Å². The molecule has 26 heteroatoms. The first-order valence-electron chi connectivity index (χ1n) is 24.3. The number of aromatic nitrogens is 6. The van der Waals surface area contributed by atoms with E-state index in [1.807, 2.05) is 6.92 Å². The summed E-state index contributed by atoms with van der Waals surface area (Å²) in [7, 11) is 1.17. The molecule has 0 bridgehead atoms. The standard InChI is InChI=1S/C27H22F4N4O3S.C26H20F4N4O3S.C2H4O2/c1-14-8-20(34-23(9-14)35-22-11-16(5-7-32-22)27(29,30)31)21-13-33-25(39-21)26(37)6-3-4-15-10-17(24(36)38-2)19(28)12-18(15)26;1-13-7-19(33-22(8-13)34-21-10-15(4-6-31-21)26(28,29)30)20-12-32-24(38-20)25(37)5-2-3-14-9-16(23(35)36)18(27)11-17(14)25;1-2(3)4/h5,7-13,37H,3-4,6H2,1-2H3,(H,32,34,35);4,6-12,37H,2-3,5H2,1H3,(H,35,36)(H,31,33,34);1H3,(H,3,4). The highest BCUT2D eigenvalue weighted by molar-refractivity contribution is 7.15. The minimum absolute atomic E-state index is 0.0136. The average molecular weight is 1160 g/mol. The second-order valence-corrected chi connectivity index (χ2v) is 20.8. The molecule has 422 valence electrons. The predicted octanol–water partition coefficient (Wildman–Crippen LogP) is 12.3. The van der Waals surface area contributed by atoms with Crippen molar-refractivity contribution >= 4 is 63.9 Å². The van der Waals surface area contributed by atoms with Crippen LogP contribution in [0.4, 0.5) is 58.4 Å². The molecule has 2 aromatic carbocycles. The summed E-state index contributed by atoms with van der Waals surface area (Å²) in [6.07, 6.45) is -1.08. The van der Waals surface area contributed by atoms with E-state index < -0.39 is 69.8 Å². The Morgan fingerprint density at radius 3 is 1.41 bits per heavy atom. The van der Waals surface area contributed by atoms with Crippen LogP contribution in [-0.2, 0) is 45.9 Å². The lowest BCUT2D eigenvalue weighted by molar-refractivity contribution is -0.138. The molecule has 0 saturated carbocycles. The van der Waals surface area contributed by atoms with Crippen molar-refractivity contribution in [2.75, 3.05) is 17.7 Å². The number of pyridine rings is 4. The maximum absolute atomic E-state index is 14.8. The lowest BCUT2D eigenvalue weighted by Crippen LogP contribution is -2.32. The molecule has 10 rings (SSSR count). The Labute approximate surface area is 463 Å². The number of aliphatic carboxylic acids is 1. The van der Waals surface area contributed by atoms with Gasteiger partial charge in [0.25, 0.3) is 5.97 Å². The van der Waals surface area contributed by atoms with Gasteiger partial charge in [0.05, 0.1) is 50.5 Å². The molecule has 0 amide bonds. The van der Waals surface area contributed by atoms with Crippen LogP contribution in [0, 0.1) is 25.5 Å². The third kappa shape index (κ3) is 13.3. The van der Waals surface area contributed by atoms with Crippen LogP contribution in [0.3, 0.4) is 0 Å². The number of fused-ring (bicyclic) bond motifs is 2. The summed E-state index contributed by atoms with van der Waals surface area (Å²) < 4.78 is 112. The van der Waals surface area contributed by atoms with Crippen molar-refractivity contribution in [2.45, 2.75) is 82.9 Å². The minimum Gasteiger partial charge on any atom is -0.481 e. The summed E-state index contributed by atoms with van der Waals surface area (Å²) in [5, 5.41) is 46.2. The fourth-order valence-corrected chi connectivity index (χ4v) is 11.1. The fourth-order valence-electron chi connectivity index (χ4n) is 9.13. The largest absolute Gasteiger partial charge is 0.481 e. The Hall–Kier alpha value is -8.33. The number of carbonyl (C=O) groups excluding carboxylic acids is 1. The van der Waals surface area contributed by atoms with Crippen molar-refractivity contribution in [3.8, 4) is 21.1 Å². The average Bonchev–Trinajstić information content (AvgIpc) is 3.78. The van der Waals surface area contributed by atoms with Gasteiger partial charge in [-0.05, 0) is 159 Å². The van der Waals surface area contributed by atoms with Crippen LogP contribution in [0.1, 0.15) is 108 Å². The summed E-state index contributed by atoms with van der Waals surface area (Å²) in [6, 6.07) is 15.3. The molecule has 6 N–H and O–H groups in total. The molecule has 2 atom stereocenters. The molecule has 16 nitrogen and oxygen atoms in total. The number of aromatic carboxylic acids is 1. The molecule has 0 aliphatic heterocycles. The number of ether oxygens (including phenoxy) is 1. The van der Waals surface area contributed by atoms with E-state index in [1.165, 1.54) is 36.8 Å². The molecule has 2 aliphatic rings. The van der Waals surface area contributed by atoms with E-state index in [9.17, 15) is 60.0 Å². The first-order valence-corrected chi connectivity index (χ1v) is 25.9. The van der Waals surface area contributed by atoms with E-state index in [0.29, 0.717) is 80.0 Å². The fraction of sp³-hybridized carbons (Fsp3) is 0.255. The van der Waals surface area contributed by atoms with Crippen molar-refractivity contribution in [3.05, 3.63) is 175 Å². The van der Waals surface area contributed by atoms with Gasteiger partial charge in [-0.15, -0.1) is 22.7 Å². The van der Waals surface area contributed by atoms with Gasteiger partial charge in [0.2, 0.25) is 0 Å². The number of aliphatic hydroxyl groups is 2. The Morgan fingerprint density at radius 1 is 0.605 bits per heavy atom. The molecule has 0 radical (unpaired) electrons. The molecule has 6 heterocycles. The molecule has 81 heavy (non-hydrogen) atoms. The van der Waals surface area contributed by atoms with Gasteiger partial charge in [-0.25, -0.2) is 48.3 Å². The number of alkyl halides is 6. The van der Waals surface area contributed by atoms with Gasteiger partial charge in [-0.3, -0.25) is 4.79 Å². The third-order valence-corrected chi connectivity index (χ3v) is 15.1. The number of carbonyl (C=O) groups is 3. The van der Waals surface area contributed by atoms with Gasteiger partial charge in [-0.2, -0.15) is 26.3 Å². The minimum atomic E-state index is -4.51. The van der Waals surface area contributed by atoms with E-state index >= 15 is 0 Å². The molecule has 0 saturated heterocycles. The Balaban J connectivity index is 0.000000199. The first kappa shape index (κ1) is 58.8. The van der Waals surface area contributed by atoms with E-state index in [1.54, 1.807) is 37.4 Å². The van der Waals surface area contributed by atoms with Gasteiger partial charge in [0.1, 0.15) is 56.1 Å². The summed E-state index contributed by atoms with van der Waals surface area (Å²) >= 11 is 2.32. The second-order valence-electron chi connectivity index (χ2n) is 18.7. The van der Waals surface area contributed by atoms with Crippen LogP contribution in [-0.4, -0.2) is 75.3 Å². The van der Waals surface area contributed by atoms with Crippen LogP contribution in [0.15, 0.2) is 97.6 Å².